The fraction of sp³-hybridized carbons (Fsp3) is 0.364. The minimum Gasteiger partial charge on any atom is -0.508 e. The highest BCUT2D eigenvalue weighted by molar-refractivity contribution is 5.76. The van der Waals surface area contributed by atoms with Crippen LogP contribution in [0.1, 0.15) is 18.5 Å². The molecule has 0 saturated heterocycles. The molecular weight excluding hydrogens is 229 g/mol. The molecule has 0 heterocycles. The zero-order chi connectivity index (χ0) is 13.0. The third kappa shape index (κ3) is 3.07. The van der Waals surface area contributed by atoms with Crippen molar-refractivity contribution >= 4 is 5.97 Å². The van der Waals surface area contributed by atoms with Gasteiger partial charge < -0.3 is 20.7 Å². The average molecular weight is 243 g/mol. The van der Waals surface area contributed by atoms with E-state index >= 15 is 0 Å². The summed E-state index contributed by atoms with van der Waals surface area (Å²) >= 11 is 0. The number of carbonyl (C=O) groups excluding carboxylic acids is 1. The van der Waals surface area contributed by atoms with Gasteiger partial charge in [-0.15, -0.1) is 0 Å². The molecule has 0 radical (unpaired) electrons. The van der Waals surface area contributed by atoms with Crippen LogP contribution in [0.4, 0.5) is 4.39 Å². The van der Waals surface area contributed by atoms with Crippen molar-refractivity contribution in [1.29, 1.82) is 0 Å². The molecule has 5 nitrogen and oxygen atoms in total. The van der Waals surface area contributed by atoms with Crippen LogP contribution in [0.3, 0.4) is 0 Å². The molecule has 1 unspecified atom stereocenters. The van der Waals surface area contributed by atoms with Crippen LogP contribution in [-0.2, 0) is 9.53 Å². The predicted molar refractivity (Wildman–Crippen MR) is 58.2 cm³/mol. The molecular formula is C11H14FNO4. The van der Waals surface area contributed by atoms with E-state index in [0.29, 0.717) is 0 Å². The quantitative estimate of drug-likeness (QED) is 0.686. The van der Waals surface area contributed by atoms with Gasteiger partial charge in [-0.3, -0.25) is 0 Å². The first kappa shape index (κ1) is 13.2. The highest BCUT2D eigenvalue weighted by Gasteiger charge is 2.29. The summed E-state index contributed by atoms with van der Waals surface area (Å²) in [6.07, 6.45) is -2.06. The van der Waals surface area contributed by atoms with Crippen LogP contribution in [0.2, 0.25) is 0 Å². The lowest BCUT2D eigenvalue weighted by molar-refractivity contribution is -0.149. The van der Waals surface area contributed by atoms with E-state index in [-0.39, 0.29) is 23.7 Å². The van der Waals surface area contributed by atoms with Crippen molar-refractivity contribution in [2.24, 2.45) is 5.73 Å². The topological polar surface area (TPSA) is 92.8 Å². The number of nitrogens with two attached hydrogens (primary N) is 1. The van der Waals surface area contributed by atoms with E-state index in [1.54, 1.807) is 6.92 Å². The fourth-order valence-corrected chi connectivity index (χ4v) is 1.34. The van der Waals surface area contributed by atoms with Crippen molar-refractivity contribution in [3.8, 4) is 11.5 Å². The Kier molecular flexibility index (Phi) is 4.28. The lowest BCUT2D eigenvalue weighted by Gasteiger charge is -2.16. The third-order valence-electron chi connectivity index (χ3n) is 2.20. The van der Waals surface area contributed by atoms with Gasteiger partial charge in [-0.05, 0) is 19.1 Å². The van der Waals surface area contributed by atoms with E-state index in [1.807, 2.05) is 0 Å². The number of rotatable bonds is 4. The van der Waals surface area contributed by atoms with Crippen LogP contribution in [0.15, 0.2) is 18.2 Å². The normalized spacial score (nSPS) is 14.1. The first-order valence-electron chi connectivity index (χ1n) is 5.05. The summed E-state index contributed by atoms with van der Waals surface area (Å²) in [5.41, 5.74) is 5.53. The Morgan fingerprint density at radius 2 is 2.18 bits per heavy atom. The number of halogens is 1. The number of benzene rings is 1. The van der Waals surface area contributed by atoms with E-state index in [2.05, 4.69) is 4.74 Å². The summed E-state index contributed by atoms with van der Waals surface area (Å²) < 4.78 is 18.1. The van der Waals surface area contributed by atoms with E-state index in [1.165, 1.54) is 12.1 Å². The number of aromatic hydroxyl groups is 2. The van der Waals surface area contributed by atoms with Gasteiger partial charge in [-0.1, -0.05) is 0 Å². The molecule has 0 amide bonds. The van der Waals surface area contributed by atoms with Gasteiger partial charge in [0.25, 0.3) is 0 Å². The molecule has 17 heavy (non-hydrogen) atoms. The molecule has 0 aliphatic rings. The summed E-state index contributed by atoms with van der Waals surface area (Å²) in [7, 11) is 0. The Balaban J connectivity index is 2.88. The second-order valence-corrected chi connectivity index (χ2v) is 3.42. The molecule has 0 aliphatic carbocycles. The molecule has 0 fully saturated rings. The van der Waals surface area contributed by atoms with E-state index in [4.69, 9.17) is 10.8 Å². The minimum absolute atomic E-state index is 0.0309. The maximum absolute atomic E-state index is 13.6. The van der Waals surface area contributed by atoms with Gasteiger partial charge >= 0.3 is 5.97 Å². The van der Waals surface area contributed by atoms with Crippen LogP contribution in [-0.4, -0.2) is 29.0 Å². The highest BCUT2D eigenvalue weighted by Crippen LogP contribution is 2.29. The SMILES string of the molecule is CCOC(=O)C(F)[C@H](N)c1ccc(O)cc1O. The molecule has 0 spiro atoms. The van der Waals surface area contributed by atoms with Crippen LogP contribution in [0, 0.1) is 0 Å². The molecule has 1 aromatic carbocycles. The molecule has 0 bridgehead atoms. The van der Waals surface area contributed by atoms with Crippen molar-refractivity contribution in [2.45, 2.75) is 19.1 Å². The molecule has 0 aliphatic heterocycles. The summed E-state index contributed by atoms with van der Waals surface area (Å²) in [5.74, 6) is -1.62. The van der Waals surface area contributed by atoms with Gasteiger partial charge in [-0.25, -0.2) is 9.18 Å². The number of phenols is 2. The van der Waals surface area contributed by atoms with E-state index in [0.717, 1.165) is 6.07 Å². The molecule has 0 saturated carbocycles. The van der Waals surface area contributed by atoms with E-state index < -0.39 is 18.2 Å². The summed E-state index contributed by atoms with van der Waals surface area (Å²) in [4.78, 5) is 11.1. The molecule has 0 aromatic heterocycles. The summed E-state index contributed by atoms with van der Waals surface area (Å²) in [6.45, 7) is 1.60. The van der Waals surface area contributed by atoms with Gasteiger partial charge in [0.05, 0.1) is 12.6 Å². The molecule has 94 valence electrons. The average Bonchev–Trinajstić information content (AvgIpc) is 2.27. The number of ether oxygens (including phenoxy) is 1. The largest absolute Gasteiger partial charge is 0.508 e. The van der Waals surface area contributed by atoms with Crippen LogP contribution in [0.5, 0.6) is 11.5 Å². The monoisotopic (exact) mass is 243 g/mol. The molecule has 2 atom stereocenters. The Hall–Kier alpha value is -1.82. The lowest BCUT2D eigenvalue weighted by Crippen LogP contribution is -2.31. The molecule has 1 rings (SSSR count). The van der Waals surface area contributed by atoms with Crippen molar-refractivity contribution in [2.75, 3.05) is 6.61 Å². The maximum Gasteiger partial charge on any atom is 0.342 e. The Bertz CT molecular complexity index is 410. The maximum atomic E-state index is 13.6. The van der Waals surface area contributed by atoms with Crippen molar-refractivity contribution in [1.82, 2.24) is 0 Å². The number of carbonyl (C=O) groups is 1. The fourth-order valence-electron chi connectivity index (χ4n) is 1.34. The number of hydrogen-bond donors (Lipinski definition) is 3. The first-order chi connectivity index (χ1) is 7.97. The van der Waals surface area contributed by atoms with Crippen LogP contribution >= 0.6 is 0 Å². The molecule has 6 heteroatoms. The van der Waals surface area contributed by atoms with Crippen LogP contribution in [0.25, 0.3) is 0 Å². The van der Waals surface area contributed by atoms with E-state index in [9.17, 15) is 14.3 Å². The van der Waals surface area contributed by atoms with Crippen molar-refractivity contribution in [3.63, 3.8) is 0 Å². The number of alkyl halides is 1. The Morgan fingerprint density at radius 3 is 2.71 bits per heavy atom. The zero-order valence-corrected chi connectivity index (χ0v) is 9.26. The van der Waals surface area contributed by atoms with Gasteiger partial charge in [0.15, 0.2) is 0 Å². The Labute approximate surface area is 97.6 Å². The summed E-state index contributed by atoms with van der Waals surface area (Å²) in [5, 5.41) is 18.5. The van der Waals surface area contributed by atoms with Crippen molar-refractivity contribution in [3.05, 3.63) is 23.8 Å². The second kappa shape index (κ2) is 5.49. The number of phenolic OH excluding ortho intramolecular Hbond substituents is 2. The molecule has 1 aromatic rings. The van der Waals surface area contributed by atoms with Gasteiger partial charge in [0.1, 0.15) is 11.5 Å². The Morgan fingerprint density at radius 1 is 1.53 bits per heavy atom. The van der Waals surface area contributed by atoms with Crippen molar-refractivity contribution < 1.29 is 24.1 Å². The van der Waals surface area contributed by atoms with Gasteiger partial charge in [0.2, 0.25) is 6.17 Å². The first-order valence-corrected chi connectivity index (χ1v) is 5.05. The third-order valence-corrected chi connectivity index (χ3v) is 2.20. The van der Waals surface area contributed by atoms with Crippen LogP contribution < -0.4 is 5.73 Å². The zero-order valence-electron chi connectivity index (χ0n) is 9.26. The van der Waals surface area contributed by atoms with Gasteiger partial charge in [0, 0.05) is 11.6 Å². The standard InChI is InChI=1S/C11H14FNO4/c1-2-17-11(16)9(12)10(13)7-4-3-6(14)5-8(7)15/h3-5,9-10,14-15H,2,13H2,1H3/t9?,10-/m1/s1. The number of hydrogen-bond acceptors (Lipinski definition) is 5. The lowest BCUT2D eigenvalue weighted by atomic mass is 10.0. The van der Waals surface area contributed by atoms with Gasteiger partial charge in [-0.2, -0.15) is 0 Å². The number of esters is 1. The summed E-state index contributed by atoms with van der Waals surface area (Å²) in [6, 6.07) is 2.18. The minimum atomic E-state index is -2.06. The smallest absolute Gasteiger partial charge is 0.342 e. The highest BCUT2D eigenvalue weighted by atomic mass is 19.1. The molecule has 4 N–H and O–H groups in total. The predicted octanol–water partition coefficient (Wildman–Crippen LogP) is 0.999. The second-order valence-electron chi connectivity index (χ2n) is 3.42.